The molecule has 2 aromatic carbocycles. The fourth-order valence-electron chi connectivity index (χ4n) is 2.46. The Morgan fingerprint density at radius 1 is 1.04 bits per heavy atom. The molecule has 0 bridgehead atoms. The molecule has 1 heterocycles. The van der Waals surface area contributed by atoms with Gasteiger partial charge in [0.05, 0.1) is 19.8 Å². The lowest BCUT2D eigenvalue weighted by atomic mass is 10.1. The Hall–Kier alpha value is -3.28. The number of ether oxygens (including phenoxy) is 4. The molecule has 0 spiro atoms. The summed E-state index contributed by atoms with van der Waals surface area (Å²) in [6, 6.07) is 10.0. The fraction of sp³-hybridized carbons (Fsp3) is 0.158. The minimum absolute atomic E-state index is 0.200. The van der Waals surface area contributed by atoms with E-state index in [-0.39, 0.29) is 11.5 Å². The average molecular weight is 340 g/mol. The van der Waals surface area contributed by atoms with Gasteiger partial charge in [-0.3, -0.25) is 9.59 Å². The van der Waals surface area contributed by atoms with Gasteiger partial charge in [0.2, 0.25) is 5.78 Å². The Morgan fingerprint density at radius 3 is 2.52 bits per heavy atom. The van der Waals surface area contributed by atoms with Crippen LogP contribution in [0.1, 0.15) is 22.8 Å². The highest BCUT2D eigenvalue weighted by atomic mass is 16.6. The van der Waals surface area contributed by atoms with Crippen LogP contribution in [0.3, 0.4) is 0 Å². The van der Waals surface area contributed by atoms with Gasteiger partial charge in [0.1, 0.15) is 11.5 Å². The Kier molecular flexibility index (Phi) is 4.43. The monoisotopic (exact) mass is 340 g/mol. The molecule has 0 amide bonds. The average Bonchev–Trinajstić information content (AvgIpc) is 2.91. The van der Waals surface area contributed by atoms with Crippen LogP contribution >= 0.6 is 0 Å². The summed E-state index contributed by atoms with van der Waals surface area (Å²) in [4.78, 5) is 23.5. The molecule has 0 fully saturated rings. The third-order valence-corrected chi connectivity index (χ3v) is 3.62. The van der Waals surface area contributed by atoms with Crippen LogP contribution in [0.2, 0.25) is 0 Å². The molecule has 2 aromatic rings. The number of hydrogen-bond acceptors (Lipinski definition) is 6. The molecular formula is C19H16O6. The summed E-state index contributed by atoms with van der Waals surface area (Å²) < 4.78 is 21.1. The van der Waals surface area contributed by atoms with Crippen molar-refractivity contribution >= 4 is 17.8 Å². The maximum Gasteiger partial charge on any atom is 0.308 e. The second kappa shape index (κ2) is 6.68. The molecule has 128 valence electrons. The number of rotatable bonds is 4. The van der Waals surface area contributed by atoms with Gasteiger partial charge in [0, 0.05) is 13.0 Å². The van der Waals surface area contributed by atoms with Crippen LogP contribution in [0.5, 0.6) is 23.0 Å². The van der Waals surface area contributed by atoms with Gasteiger partial charge in [0.25, 0.3) is 0 Å². The van der Waals surface area contributed by atoms with Gasteiger partial charge in [-0.2, -0.15) is 0 Å². The predicted octanol–water partition coefficient (Wildman–Crippen LogP) is 3.25. The standard InChI is InChI=1S/C19H16O6/c1-11(20)24-15-7-4-12(8-17(15)23-3)9-18-19(21)14-6-5-13(22-2)10-16(14)25-18/h4-10H,1-3H3. The van der Waals surface area contributed by atoms with E-state index in [9.17, 15) is 9.59 Å². The molecule has 25 heavy (non-hydrogen) atoms. The lowest BCUT2D eigenvalue weighted by Crippen LogP contribution is -2.03. The van der Waals surface area contributed by atoms with Crippen molar-refractivity contribution < 1.29 is 28.5 Å². The summed E-state index contributed by atoms with van der Waals surface area (Å²) in [5, 5.41) is 0. The third-order valence-electron chi connectivity index (χ3n) is 3.62. The highest BCUT2D eigenvalue weighted by Gasteiger charge is 2.27. The number of carbonyl (C=O) groups excluding carboxylic acids is 2. The first-order chi connectivity index (χ1) is 12.0. The van der Waals surface area contributed by atoms with Gasteiger partial charge in [-0.15, -0.1) is 0 Å². The maximum atomic E-state index is 12.4. The number of carbonyl (C=O) groups is 2. The van der Waals surface area contributed by atoms with Crippen molar-refractivity contribution in [2.75, 3.05) is 14.2 Å². The van der Waals surface area contributed by atoms with Crippen molar-refractivity contribution in [2.24, 2.45) is 0 Å². The van der Waals surface area contributed by atoms with E-state index in [1.807, 2.05) is 0 Å². The second-order valence-electron chi connectivity index (χ2n) is 5.31. The molecule has 0 aromatic heterocycles. The Bertz CT molecular complexity index is 881. The number of benzene rings is 2. The normalized spacial score (nSPS) is 14.0. The summed E-state index contributed by atoms with van der Waals surface area (Å²) in [6.45, 7) is 1.31. The summed E-state index contributed by atoms with van der Waals surface area (Å²) >= 11 is 0. The van der Waals surface area contributed by atoms with E-state index in [4.69, 9.17) is 18.9 Å². The number of allylic oxidation sites excluding steroid dienone is 1. The molecule has 1 aliphatic rings. The topological polar surface area (TPSA) is 71.1 Å². The molecule has 0 saturated heterocycles. The fourth-order valence-corrected chi connectivity index (χ4v) is 2.46. The van der Waals surface area contributed by atoms with Crippen molar-refractivity contribution in [2.45, 2.75) is 6.92 Å². The van der Waals surface area contributed by atoms with Gasteiger partial charge in [-0.05, 0) is 35.9 Å². The summed E-state index contributed by atoms with van der Waals surface area (Å²) in [6.07, 6.45) is 1.61. The molecule has 0 saturated carbocycles. The SMILES string of the molecule is COc1ccc2c(c1)OC(=Cc1ccc(OC(C)=O)c(OC)c1)C2=O. The van der Waals surface area contributed by atoms with E-state index in [0.29, 0.717) is 34.1 Å². The zero-order valence-corrected chi connectivity index (χ0v) is 14.0. The molecule has 6 nitrogen and oxygen atoms in total. The molecule has 0 N–H and O–H groups in total. The number of esters is 1. The summed E-state index contributed by atoms with van der Waals surface area (Å²) in [7, 11) is 3.02. The predicted molar refractivity (Wildman–Crippen MR) is 90.2 cm³/mol. The van der Waals surface area contributed by atoms with E-state index in [2.05, 4.69) is 0 Å². The van der Waals surface area contributed by atoms with Gasteiger partial charge in [-0.1, -0.05) is 6.07 Å². The minimum atomic E-state index is -0.442. The Morgan fingerprint density at radius 2 is 1.84 bits per heavy atom. The van der Waals surface area contributed by atoms with Crippen LogP contribution in [0.15, 0.2) is 42.2 Å². The van der Waals surface area contributed by atoms with Crippen molar-refractivity contribution in [3.63, 3.8) is 0 Å². The van der Waals surface area contributed by atoms with Crippen molar-refractivity contribution in [1.82, 2.24) is 0 Å². The number of methoxy groups -OCH3 is 2. The molecule has 0 radical (unpaired) electrons. The molecular weight excluding hydrogens is 324 g/mol. The van der Waals surface area contributed by atoms with E-state index < -0.39 is 5.97 Å². The quantitative estimate of drug-likeness (QED) is 0.483. The van der Waals surface area contributed by atoms with Gasteiger partial charge < -0.3 is 18.9 Å². The van der Waals surface area contributed by atoms with Gasteiger partial charge in [-0.25, -0.2) is 0 Å². The van der Waals surface area contributed by atoms with Gasteiger partial charge >= 0.3 is 5.97 Å². The molecule has 3 rings (SSSR count). The number of fused-ring (bicyclic) bond motifs is 1. The first-order valence-corrected chi connectivity index (χ1v) is 7.50. The van der Waals surface area contributed by atoms with Gasteiger partial charge in [0.15, 0.2) is 17.3 Å². The van der Waals surface area contributed by atoms with Crippen LogP contribution in [-0.2, 0) is 4.79 Å². The zero-order chi connectivity index (χ0) is 18.0. The van der Waals surface area contributed by atoms with Crippen LogP contribution in [-0.4, -0.2) is 26.0 Å². The Balaban J connectivity index is 1.91. The molecule has 6 heteroatoms. The smallest absolute Gasteiger partial charge is 0.308 e. The van der Waals surface area contributed by atoms with Crippen molar-refractivity contribution in [3.05, 3.63) is 53.3 Å². The lowest BCUT2D eigenvalue weighted by Gasteiger charge is -2.08. The summed E-state index contributed by atoms with van der Waals surface area (Å²) in [5.74, 6) is 1.31. The van der Waals surface area contributed by atoms with Crippen molar-refractivity contribution in [3.8, 4) is 23.0 Å². The van der Waals surface area contributed by atoms with Crippen LogP contribution in [0.4, 0.5) is 0 Å². The molecule has 1 aliphatic heterocycles. The summed E-state index contributed by atoms with van der Waals surface area (Å²) in [5.41, 5.74) is 1.16. The van der Waals surface area contributed by atoms with Crippen LogP contribution < -0.4 is 18.9 Å². The first kappa shape index (κ1) is 16.6. The van der Waals surface area contributed by atoms with Crippen LogP contribution in [0.25, 0.3) is 6.08 Å². The highest BCUT2D eigenvalue weighted by molar-refractivity contribution is 6.14. The largest absolute Gasteiger partial charge is 0.497 e. The number of ketones is 1. The number of Topliss-reactive ketones (excluding diaryl/α,β-unsaturated/α-hetero) is 1. The second-order valence-corrected chi connectivity index (χ2v) is 5.31. The van der Waals surface area contributed by atoms with Crippen LogP contribution in [0, 0.1) is 0 Å². The molecule has 0 aliphatic carbocycles. The molecule has 0 atom stereocenters. The van der Waals surface area contributed by atoms with E-state index >= 15 is 0 Å². The first-order valence-electron chi connectivity index (χ1n) is 7.50. The van der Waals surface area contributed by atoms with E-state index in [0.717, 1.165) is 0 Å². The highest BCUT2D eigenvalue weighted by Crippen LogP contribution is 2.35. The maximum absolute atomic E-state index is 12.4. The van der Waals surface area contributed by atoms with Crippen molar-refractivity contribution in [1.29, 1.82) is 0 Å². The lowest BCUT2D eigenvalue weighted by molar-refractivity contribution is -0.132. The number of hydrogen-bond donors (Lipinski definition) is 0. The van der Waals surface area contributed by atoms with E-state index in [1.54, 1.807) is 49.6 Å². The third kappa shape index (κ3) is 3.33. The Labute approximate surface area is 144 Å². The minimum Gasteiger partial charge on any atom is -0.497 e. The zero-order valence-electron chi connectivity index (χ0n) is 14.0. The molecule has 0 unspecified atom stereocenters. The van der Waals surface area contributed by atoms with E-state index in [1.165, 1.54) is 14.0 Å².